The lowest BCUT2D eigenvalue weighted by molar-refractivity contribution is -0.384. The van der Waals surface area contributed by atoms with E-state index in [9.17, 15) is 14.9 Å². The van der Waals surface area contributed by atoms with Crippen molar-refractivity contribution >= 4 is 23.0 Å². The van der Waals surface area contributed by atoms with Crippen LogP contribution in [0, 0.1) is 10.1 Å². The van der Waals surface area contributed by atoms with Crippen LogP contribution in [0.15, 0.2) is 48.5 Å². The quantitative estimate of drug-likeness (QED) is 0.633. The van der Waals surface area contributed by atoms with E-state index in [4.69, 9.17) is 4.74 Å². The van der Waals surface area contributed by atoms with Crippen molar-refractivity contribution < 1.29 is 14.5 Å². The average molecular weight is 355 g/mol. The zero-order valence-electron chi connectivity index (χ0n) is 14.6. The number of para-hydroxylation sites is 1. The number of anilines is 2. The van der Waals surface area contributed by atoms with Crippen LogP contribution < -0.4 is 10.2 Å². The number of benzene rings is 2. The number of nitro groups is 1. The Bertz CT molecular complexity index is 789. The first-order valence-electron chi connectivity index (χ1n) is 8.53. The van der Waals surface area contributed by atoms with E-state index < -0.39 is 4.92 Å². The number of rotatable bonds is 6. The molecule has 7 nitrogen and oxygen atoms in total. The molecule has 136 valence electrons. The number of hydrogen-bond acceptors (Lipinski definition) is 5. The molecule has 1 saturated heterocycles. The molecule has 1 amide bonds. The predicted octanol–water partition coefficient (Wildman–Crippen LogP) is 3.46. The highest BCUT2D eigenvalue weighted by molar-refractivity contribution is 6.09. The molecule has 1 unspecified atom stereocenters. The van der Waals surface area contributed by atoms with E-state index in [0.29, 0.717) is 17.9 Å². The molecule has 0 spiro atoms. The Balaban J connectivity index is 1.87. The summed E-state index contributed by atoms with van der Waals surface area (Å²) >= 11 is 0. The van der Waals surface area contributed by atoms with Gasteiger partial charge in [0.2, 0.25) is 0 Å². The van der Waals surface area contributed by atoms with Crippen LogP contribution in [0.1, 0.15) is 23.2 Å². The van der Waals surface area contributed by atoms with E-state index in [2.05, 4.69) is 5.32 Å². The fourth-order valence-corrected chi connectivity index (χ4v) is 2.96. The number of nitro benzene ring substituents is 1. The lowest BCUT2D eigenvalue weighted by atomic mass is 10.1. The Kier molecular flexibility index (Phi) is 5.48. The molecule has 1 aliphatic rings. The predicted molar refractivity (Wildman–Crippen MR) is 99.7 cm³/mol. The third kappa shape index (κ3) is 4.00. The summed E-state index contributed by atoms with van der Waals surface area (Å²) in [5.41, 5.74) is 1.44. The SMILES string of the molecule is CN(C(=O)c1cc([N+](=O)[O-])ccc1NCC1CCCO1)c1ccccc1. The van der Waals surface area contributed by atoms with Gasteiger partial charge in [0.15, 0.2) is 0 Å². The van der Waals surface area contributed by atoms with Crippen LogP contribution in [0.2, 0.25) is 0 Å². The van der Waals surface area contributed by atoms with Gasteiger partial charge in [-0.3, -0.25) is 14.9 Å². The van der Waals surface area contributed by atoms with Gasteiger partial charge in [0.25, 0.3) is 11.6 Å². The molecule has 2 aromatic rings. The zero-order valence-corrected chi connectivity index (χ0v) is 14.6. The number of carbonyl (C=O) groups is 1. The summed E-state index contributed by atoms with van der Waals surface area (Å²) in [6.07, 6.45) is 2.09. The number of ether oxygens (including phenoxy) is 1. The standard InChI is InChI=1S/C19H21N3O4/c1-21(14-6-3-2-4-7-14)19(23)17-12-15(22(24)25)9-10-18(17)20-13-16-8-5-11-26-16/h2-4,6-7,9-10,12,16,20H,5,8,11,13H2,1H3. The molecule has 0 saturated carbocycles. The molecule has 0 aliphatic carbocycles. The van der Waals surface area contributed by atoms with Crippen LogP contribution in [0.5, 0.6) is 0 Å². The highest BCUT2D eigenvalue weighted by Gasteiger charge is 2.22. The third-order valence-corrected chi connectivity index (χ3v) is 4.44. The fraction of sp³-hybridized carbons (Fsp3) is 0.316. The summed E-state index contributed by atoms with van der Waals surface area (Å²) < 4.78 is 5.59. The van der Waals surface area contributed by atoms with Crippen molar-refractivity contribution in [1.82, 2.24) is 0 Å². The van der Waals surface area contributed by atoms with Crippen LogP contribution in [0.25, 0.3) is 0 Å². The van der Waals surface area contributed by atoms with Crippen LogP contribution in [0.4, 0.5) is 17.1 Å². The molecule has 1 fully saturated rings. The Morgan fingerprint density at radius 2 is 2.08 bits per heavy atom. The first kappa shape index (κ1) is 17.9. The van der Waals surface area contributed by atoms with Crippen LogP contribution in [-0.2, 0) is 4.74 Å². The van der Waals surface area contributed by atoms with Gasteiger partial charge < -0.3 is 15.0 Å². The first-order chi connectivity index (χ1) is 12.6. The maximum atomic E-state index is 13.0. The van der Waals surface area contributed by atoms with Crippen molar-refractivity contribution in [2.24, 2.45) is 0 Å². The molecule has 0 radical (unpaired) electrons. The molecule has 1 aliphatic heterocycles. The highest BCUT2D eigenvalue weighted by Crippen LogP contribution is 2.26. The number of amides is 1. The van der Waals surface area contributed by atoms with Gasteiger partial charge in [0.1, 0.15) is 0 Å². The zero-order chi connectivity index (χ0) is 18.5. The Hall–Kier alpha value is -2.93. The van der Waals surface area contributed by atoms with E-state index in [-0.39, 0.29) is 23.3 Å². The molecule has 7 heteroatoms. The van der Waals surface area contributed by atoms with E-state index in [1.165, 1.54) is 17.0 Å². The summed E-state index contributed by atoms with van der Waals surface area (Å²) in [5, 5.41) is 14.3. The maximum Gasteiger partial charge on any atom is 0.270 e. The molecule has 3 rings (SSSR count). The van der Waals surface area contributed by atoms with Crippen molar-refractivity contribution in [3.63, 3.8) is 0 Å². The summed E-state index contributed by atoms with van der Waals surface area (Å²) in [6, 6.07) is 13.5. The summed E-state index contributed by atoms with van der Waals surface area (Å²) in [7, 11) is 1.65. The highest BCUT2D eigenvalue weighted by atomic mass is 16.6. The minimum atomic E-state index is -0.497. The van der Waals surface area contributed by atoms with Crippen molar-refractivity contribution in [2.45, 2.75) is 18.9 Å². The second-order valence-corrected chi connectivity index (χ2v) is 6.20. The molecule has 0 bridgehead atoms. The second kappa shape index (κ2) is 7.97. The molecule has 1 N–H and O–H groups in total. The van der Waals surface area contributed by atoms with Gasteiger partial charge in [-0.25, -0.2) is 0 Å². The monoisotopic (exact) mass is 355 g/mol. The van der Waals surface area contributed by atoms with Crippen molar-refractivity contribution in [3.8, 4) is 0 Å². The van der Waals surface area contributed by atoms with Crippen LogP contribution in [0.3, 0.4) is 0 Å². The molecule has 0 aromatic heterocycles. The number of nitrogens with one attached hydrogen (secondary N) is 1. The second-order valence-electron chi connectivity index (χ2n) is 6.20. The summed E-state index contributed by atoms with van der Waals surface area (Å²) in [5.74, 6) is -0.310. The van der Waals surface area contributed by atoms with Gasteiger partial charge in [-0.1, -0.05) is 18.2 Å². The van der Waals surface area contributed by atoms with E-state index >= 15 is 0 Å². The largest absolute Gasteiger partial charge is 0.382 e. The fourth-order valence-electron chi connectivity index (χ4n) is 2.96. The Labute approximate surface area is 151 Å². The van der Waals surface area contributed by atoms with Crippen molar-refractivity contribution in [2.75, 3.05) is 30.4 Å². The van der Waals surface area contributed by atoms with Gasteiger partial charge in [-0.2, -0.15) is 0 Å². The van der Waals surface area contributed by atoms with E-state index in [0.717, 1.165) is 19.4 Å². The molecule has 2 aromatic carbocycles. The summed E-state index contributed by atoms with van der Waals surface area (Å²) in [4.78, 5) is 25.1. The molecule has 1 atom stereocenters. The van der Waals surface area contributed by atoms with Gasteiger partial charge in [-0.15, -0.1) is 0 Å². The van der Waals surface area contributed by atoms with E-state index in [1.807, 2.05) is 30.3 Å². The molecule has 26 heavy (non-hydrogen) atoms. The normalized spacial score (nSPS) is 16.3. The molecular weight excluding hydrogens is 334 g/mol. The number of non-ortho nitro benzene ring substituents is 1. The minimum Gasteiger partial charge on any atom is -0.382 e. The number of hydrogen-bond donors (Lipinski definition) is 1. The van der Waals surface area contributed by atoms with Gasteiger partial charge in [0.05, 0.1) is 16.6 Å². The molecular formula is C19H21N3O4. The van der Waals surface area contributed by atoms with Gasteiger partial charge in [-0.05, 0) is 31.0 Å². The smallest absolute Gasteiger partial charge is 0.270 e. The summed E-state index contributed by atoms with van der Waals surface area (Å²) in [6.45, 7) is 1.31. The molecule has 1 heterocycles. The Morgan fingerprint density at radius 3 is 2.73 bits per heavy atom. The van der Waals surface area contributed by atoms with Gasteiger partial charge >= 0.3 is 0 Å². The maximum absolute atomic E-state index is 13.0. The van der Waals surface area contributed by atoms with Crippen molar-refractivity contribution in [1.29, 1.82) is 0 Å². The van der Waals surface area contributed by atoms with E-state index in [1.54, 1.807) is 13.1 Å². The lowest BCUT2D eigenvalue weighted by Crippen LogP contribution is -2.28. The average Bonchev–Trinajstić information content (AvgIpc) is 3.19. The Morgan fingerprint density at radius 1 is 1.31 bits per heavy atom. The number of nitrogens with zero attached hydrogens (tertiary/aromatic N) is 2. The lowest BCUT2D eigenvalue weighted by Gasteiger charge is -2.20. The minimum absolute atomic E-state index is 0.0972. The topological polar surface area (TPSA) is 84.7 Å². The third-order valence-electron chi connectivity index (χ3n) is 4.44. The van der Waals surface area contributed by atoms with Crippen LogP contribution >= 0.6 is 0 Å². The van der Waals surface area contributed by atoms with Crippen molar-refractivity contribution in [3.05, 3.63) is 64.2 Å². The van der Waals surface area contributed by atoms with Gasteiger partial charge in [0, 0.05) is 43.7 Å². The number of carbonyl (C=O) groups excluding carboxylic acids is 1. The van der Waals surface area contributed by atoms with Crippen LogP contribution in [-0.4, -0.2) is 37.1 Å². The first-order valence-corrected chi connectivity index (χ1v) is 8.53.